The number of aliphatic hydroxyl groups is 3. The molecule has 3 aliphatic rings. The van der Waals surface area contributed by atoms with Gasteiger partial charge in [0, 0.05) is 92.3 Å². The molecule has 1 saturated heterocycles. The number of hydrogen-bond acceptors (Lipinski definition) is 26. The molecule has 2 bridgehead atoms. The summed E-state index contributed by atoms with van der Waals surface area (Å²) in [4.78, 5) is 197. The fourth-order valence-corrected chi connectivity index (χ4v) is 17.6. The van der Waals surface area contributed by atoms with Crippen LogP contribution in [0.4, 0.5) is 4.79 Å². The molecular formula is C79H106N16O23S4. The molecule has 0 radical (unpaired) electrons. The first-order valence-corrected chi connectivity index (χ1v) is 44.7. The average Bonchev–Trinajstić information content (AvgIpc) is 1.61. The van der Waals surface area contributed by atoms with Crippen molar-refractivity contribution in [1.82, 2.24) is 77.9 Å². The lowest BCUT2D eigenvalue weighted by Crippen LogP contribution is -2.62. The molecule has 0 aliphatic carbocycles. The Hall–Kier alpha value is -10.5. The molecule has 122 heavy (non-hydrogen) atoms. The molecule has 13 amide bonds. The molecule has 664 valence electrons. The Morgan fingerprint density at radius 1 is 0.770 bits per heavy atom. The molecule has 0 spiro atoms. The number of primary amides is 1. The number of nitrogens with zero attached hydrogens (tertiary/aromatic N) is 4. The van der Waals surface area contributed by atoms with Crippen molar-refractivity contribution in [1.29, 1.82) is 0 Å². The highest BCUT2D eigenvalue weighted by Gasteiger charge is 2.46. The van der Waals surface area contributed by atoms with E-state index in [2.05, 4.69) is 58.2 Å². The van der Waals surface area contributed by atoms with Gasteiger partial charge in [-0.15, -0.1) is 0 Å². The van der Waals surface area contributed by atoms with E-state index in [9.17, 15) is 90.6 Å². The number of nitrogens with one attached hydrogen (secondary N) is 11. The number of benzene rings is 2. The Morgan fingerprint density at radius 3 is 2.11 bits per heavy atom. The first kappa shape index (κ1) is 96.9. The molecule has 2 aromatic heterocycles. The lowest BCUT2D eigenvalue weighted by Gasteiger charge is -2.33. The maximum Gasteiger partial charge on any atom is 0.414 e. The van der Waals surface area contributed by atoms with Gasteiger partial charge in [0.05, 0.1) is 115 Å². The molecule has 2 unspecified atom stereocenters. The van der Waals surface area contributed by atoms with Crippen molar-refractivity contribution in [2.75, 3.05) is 96.6 Å². The van der Waals surface area contributed by atoms with Crippen LogP contribution in [0.25, 0.3) is 21.9 Å². The van der Waals surface area contributed by atoms with Crippen LogP contribution in [-0.4, -0.2) is 290 Å². The number of aryl methyl sites for hydroxylation is 1. The molecule has 39 nitrogen and oxygen atoms in total. The number of amides is 13. The van der Waals surface area contributed by atoms with Crippen molar-refractivity contribution in [3.05, 3.63) is 119 Å². The van der Waals surface area contributed by atoms with Crippen molar-refractivity contribution in [3.8, 4) is 5.75 Å². The van der Waals surface area contributed by atoms with Gasteiger partial charge in [-0.05, 0) is 67.6 Å². The number of aliphatic hydroxyl groups excluding tert-OH is 3. The maximum atomic E-state index is 15.3. The summed E-state index contributed by atoms with van der Waals surface area (Å²) in [5, 5.41) is 57.0. The second-order valence-electron chi connectivity index (χ2n) is 29.8. The third-order valence-electron chi connectivity index (χ3n) is 20.2. The van der Waals surface area contributed by atoms with Gasteiger partial charge in [0.2, 0.25) is 65.0 Å². The topological polar surface area (TPSA) is 576 Å². The highest BCUT2D eigenvalue weighted by atomic mass is 33.1. The number of carbonyl (C=O) groups is 13. The molecule has 12 atom stereocenters. The summed E-state index contributed by atoms with van der Waals surface area (Å²) >= 11 is 0. The normalized spacial score (nSPS) is 20.8. The van der Waals surface area contributed by atoms with E-state index in [1.165, 1.54) is 47.9 Å². The van der Waals surface area contributed by atoms with Gasteiger partial charge in [0.1, 0.15) is 53.1 Å². The first-order chi connectivity index (χ1) is 58.0. The van der Waals surface area contributed by atoms with Crippen molar-refractivity contribution in [3.63, 3.8) is 0 Å². The van der Waals surface area contributed by atoms with Gasteiger partial charge in [-0.1, -0.05) is 110 Å². The molecule has 43 heteroatoms. The Kier molecular flexibility index (Phi) is 36.6. The fourth-order valence-electron chi connectivity index (χ4n) is 13.2. The van der Waals surface area contributed by atoms with E-state index in [1.807, 2.05) is 61.5 Å². The van der Waals surface area contributed by atoms with E-state index in [0.29, 0.717) is 35.9 Å². The predicted molar refractivity (Wildman–Crippen MR) is 449 cm³/mol. The summed E-state index contributed by atoms with van der Waals surface area (Å²) in [5.74, 6) is -15.3. The molecule has 5 aromatic rings. The van der Waals surface area contributed by atoms with Crippen LogP contribution >= 0.6 is 21.6 Å². The van der Waals surface area contributed by atoms with Gasteiger partial charge in [-0.25, -0.2) is 14.8 Å². The Balaban J connectivity index is 0.933. The van der Waals surface area contributed by atoms with E-state index in [-0.39, 0.29) is 84.8 Å². The highest BCUT2D eigenvalue weighted by Crippen LogP contribution is 2.39. The van der Waals surface area contributed by atoms with Gasteiger partial charge >= 0.3 is 6.09 Å². The van der Waals surface area contributed by atoms with Gasteiger partial charge < -0.3 is 103 Å². The summed E-state index contributed by atoms with van der Waals surface area (Å²) in [7, 11) is -3.35. The SMILES string of the molecule is CCc1nc2cc(C(=O)NCCOCCOCCC(=O)NC(C(=O)NCCS(=O)(=O)O)C(C)(C)SSCCN(C)C(=O)Oc3ccc4c5c([nH]c4c3)S(=O)C[C@@H]3NC(=O)CNC(=O)[C@H]([C@@H](C)CC)NC(=O)CNC(=O)[C@@H](C5)NC(=O)[C@H]([C@@H](C)[C@@H](O)CO)NC(=O)[C@@H]4C[C@@H](O)CN4C(=O)[C@H](CC(N)=O)NC3=O)ccc2nc1Cc1ccccccccc1. The van der Waals surface area contributed by atoms with E-state index in [4.69, 9.17) is 29.9 Å². The molecular weight excluding hydrogens is 1670 g/mol. The third kappa shape index (κ3) is 28.5. The van der Waals surface area contributed by atoms with E-state index >= 15 is 4.21 Å². The second kappa shape index (κ2) is 46.1. The lowest BCUT2D eigenvalue weighted by atomic mass is 9.93. The fraction of sp³-hybridized carbons (Fsp3) is 0.506. The first-order valence-electron chi connectivity index (χ1n) is 39.5. The number of nitrogens with two attached hydrogens (primary N) is 1. The number of hydrogen-bond donors (Lipinski definition) is 16. The van der Waals surface area contributed by atoms with Crippen LogP contribution in [-0.2, 0) is 102 Å². The predicted octanol–water partition coefficient (Wildman–Crippen LogP) is -1.47. The minimum absolute atomic E-state index is 0.0114. The summed E-state index contributed by atoms with van der Waals surface area (Å²) in [6.45, 7) is 6.46. The monoisotopic (exact) mass is 1770 g/mol. The number of aromatic nitrogens is 3. The Bertz CT molecular complexity index is 4830. The van der Waals surface area contributed by atoms with Crippen molar-refractivity contribution in [2.45, 2.75) is 151 Å². The number of fused-ring (bicyclic) bond motifs is 6. The molecule has 3 aromatic carbocycles. The average molecular weight is 1780 g/mol. The van der Waals surface area contributed by atoms with E-state index in [0.717, 1.165) is 32.6 Å². The maximum absolute atomic E-state index is 15.3. The van der Waals surface area contributed by atoms with E-state index in [1.54, 1.807) is 45.9 Å². The number of carbonyl (C=O) groups excluding carboxylic acids is 13. The minimum Gasteiger partial charge on any atom is -0.410 e. The number of aromatic amines is 1. The van der Waals surface area contributed by atoms with Gasteiger partial charge in [0.25, 0.3) is 16.0 Å². The number of rotatable bonds is 32. The summed E-state index contributed by atoms with van der Waals surface area (Å²) in [6.07, 6.45) is -4.89. The summed E-state index contributed by atoms with van der Waals surface area (Å²) in [5.41, 5.74) is 9.94. The zero-order chi connectivity index (χ0) is 89.1. The molecule has 3 aliphatic heterocycles. The van der Waals surface area contributed by atoms with Gasteiger partial charge in [-0.2, -0.15) is 8.42 Å². The van der Waals surface area contributed by atoms with Crippen LogP contribution in [0, 0.1) is 11.8 Å². The minimum atomic E-state index is -4.50. The molecule has 0 saturated carbocycles. The molecule has 8 rings (SSSR count). The van der Waals surface area contributed by atoms with Crippen molar-refractivity contribution < 1.29 is 109 Å². The van der Waals surface area contributed by atoms with Crippen molar-refractivity contribution >= 4 is 141 Å². The highest BCUT2D eigenvalue weighted by molar-refractivity contribution is 8.77. The van der Waals surface area contributed by atoms with Crippen LogP contribution < -0.4 is 63.6 Å². The molecule has 5 heterocycles. The number of H-pyrrole nitrogens is 1. The van der Waals surface area contributed by atoms with Crippen LogP contribution in [0.15, 0.2) is 96.0 Å². The Labute approximate surface area is 714 Å². The number of ether oxygens (including phenoxy) is 3. The zero-order valence-electron chi connectivity index (χ0n) is 68.4. The Morgan fingerprint density at radius 2 is 1.44 bits per heavy atom. The zero-order valence-corrected chi connectivity index (χ0v) is 71.7. The second-order valence-corrected chi connectivity index (χ2v) is 35.9. The van der Waals surface area contributed by atoms with Crippen molar-refractivity contribution in [2.24, 2.45) is 17.6 Å². The van der Waals surface area contributed by atoms with Crippen LogP contribution in [0.1, 0.15) is 100 Å². The smallest absolute Gasteiger partial charge is 0.410 e. The van der Waals surface area contributed by atoms with Crippen LogP contribution in [0.2, 0.25) is 0 Å². The van der Waals surface area contributed by atoms with Gasteiger partial charge in [0.15, 0.2) is 0 Å². The summed E-state index contributed by atoms with van der Waals surface area (Å²) < 4.78 is 63.8. The largest absolute Gasteiger partial charge is 0.414 e. The van der Waals surface area contributed by atoms with E-state index < -0.39 is 227 Å². The lowest BCUT2D eigenvalue weighted by molar-refractivity contribution is -0.144. The standard InChI is InChI=1S/C79H106N16O23S4/c1-8-44(3)66-73(107)84-39-64(101)87-59-43-121(112)76-51(37-57(70(104)83-40-65(102)91-66)88-74(108)67(45(4)61(98)42-96)93-72(106)60-35-48(97)41-95(60)77(110)58(38-62(80)99)89-71(59)105)50-21-20-49(36-54(50)90-76)118-78(111)94(7)26-31-119-120-79(5,6)68(75(109)82-25-32-122(113,114)115)92-63(100)23-27-116-29-30-117-28-24-81-69(103)47-19-22-53-56(34-47)85-52(9-2)55(86-53)33-46-17-15-13-11-10-12-14-16-18-46/h10-22,34,36,44-45,48,57-61,66-68,90,96-98H,8-9,23-33,35,37-43H2,1-7H3,(H2,80,99)(H,81,103)(H,82,109)(H,83,104)(H,84,107)(H,87,101)(H,88,108)(H,89,105)(H,91,102)(H,92,100)(H,93,106)(H,113,114,115)/t44-,45-,48+,57+,58-,59-,60-,61-,66-,67-,68?,121?/m0/s1. The quantitative estimate of drug-likeness (QED) is 0.0133. The third-order valence-corrected chi connectivity index (χ3v) is 25.6. The van der Waals surface area contributed by atoms with Crippen LogP contribution in [0.5, 0.6) is 5.75 Å². The molecule has 17 N–H and O–H groups in total. The molecule has 1 fully saturated rings. The summed E-state index contributed by atoms with van der Waals surface area (Å²) in [6, 6.07) is 14.9. The van der Waals surface area contributed by atoms with Gasteiger partial charge in [-0.3, -0.25) is 66.3 Å². The van der Waals surface area contributed by atoms with Crippen LogP contribution in [0.3, 0.4) is 0 Å².